The first-order chi connectivity index (χ1) is 15.0. The van der Waals surface area contributed by atoms with Crippen molar-refractivity contribution < 1.29 is 23.4 Å². The summed E-state index contributed by atoms with van der Waals surface area (Å²) in [5.74, 6) is 1.97. The predicted octanol–water partition coefficient (Wildman–Crippen LogP) is 3.52. The number of hydrogen-bond donors (Lipinski definition) is 1. The van der Waals surface area contributed by atoms with Gasteiger partial charge in [0.2, 0.25) is 5.91 Å². The molecule has 0 atom stereocenters. The Bertz CT molecular complexity index is 1090. The van der Waals surface area contributed by atoms with Crippen molar-refractivity contribution in [2.24, 2.45) is 7.05 Å². The number of carbonyl (C=O) groups is 1. The van der Waals surface area contributed by atoms with Gasteiger partial charge in [0.1, 0.15) is 11.6 Å². The van der Waals surface area contributed by atoms with Crippen LogP contribution in [0.25, 0.3) is 11.4 Å². The van der Waals surface area contributed by atoms with Crippen molar-refractivity contribution in [2.75, 3.05) is 31.4 Å². The Morgan fingerprint density at radius 2 is 1.90 bits per heavy atom. The van der Waals surface area contributed by atoms with Crippen LogP contribution in [0.5, 0.6) is 17.2 Å². The van der Waals surface area contributed by atoms with Gasteiger partial charge in [-0.05, 0) is 30.3 Å². The zero-order valence-corrected chi connectivity index (χ0v) is 17.9. The number of carbonyl (C=O) groups excluding carboxylic acids is 1. The standard InChI is InChI=1S/C21H21FN4O4S/c1-26-20(15-10-17-18(11-16(15)28-2)30-9-3-8-29-17)24-25-21(26)31-12-19(27)23-14-6-4-13(22)5-7-14/h4-7,10-11H,3,8-9,12H2,1-2H3,(H,23,27). The molecule has 0 unspecified atom stereocenters. The maximum atomic E-state index is 13.0. The van der Waals surface area contributed by atoms with Gasteiger partial charge in [-0.15, -0.1) is 10.2 Å². The van der Waals surface area contributed by atoms with Crippen molar-refractivity contribution in [3.63, 3.8) is 0 Å². The minimum absolute atomic E-state index is 0.127. The fourth-order valence-corrected chi connectivity index (χ4v) is 3.78. The van der Waals surface area contributed by atoms with E-state index in [0.717, 1.165) is 6.42 Å². The van der Waals surface area contributed by atoms with Gasteiger partial charge in [-0.3, -0.25) is 4.79 Å². The Morgan fingerprint density at radius 1 is 1.19 bits per heavy atom. The van der Waals surface area contributed by atoms with Gasteiger partial charge in [0, 0.05) is 25.2 Å². The third-order valence-corrected chi connectivity index (χ3v) is 5.63. The lowest BCUT2D eigenvalue weighted by atomic mass is 10.1. The number of thioether (sulfide) groups is 1. The van der Waals surface area contributed by atoms with E-state index in [1.54, 1.807) is 17.7 Å². The average Bonchev–Trinajstić information content (AvgIpc) is 2.98. The number of anilines is 1. The van der Waals surface area contributed by atoms with Crippen LogP contribution in [0.2, 0.25) is 0 Å². The number of nitrogens with one attached hydrogen (secondary N) is 1. The third kappa shape index (κ3) is 4.74. The van der Waals surface area contributed by atoms with E-state index in [-0.39, 0.29) is 17.5 Å². The molecule has 4 rings (SSSR count). The van der Waals surface area contributed by atoms with E-state index in [1.807, 2.05) is 13.1 Å². The number of methoxy groups -OCH3 is 1. The highest BCUT2D eigenvalue weighted by atomic mass is 32.2. The summed E-state index contributed by atoms with van der Waals surface area (Å²) < 4.78 is 31.8. The van der Waals surface area contributed by atoms with E-state index >= 15 is 0 Å². The fourth-order valence-electron chi connectivity index (χ4n) is 3.07. The number of ether oxygens (including phenoxy) is 3. The Morgan fingerprint density at radius 3 is 2.61 bits per heavy atom. The number of hydrogen-bond acceptors (Lipinski definition) is 7. The predicted molar refractivity (Wildman–Crippen MR) is 114 cm³/mol. The lowest BCUT2D eigenvalue weighted by Crippen LogP contribution is -2.14. The maximum absolute atomic E-state index is 13.0. The topological polar surface area (TPSA) is 87.5 Å². The first-order valence-corrected chi connectivity index (χ1v) is 10.6. The Kier molecular flexibility index (Phi) is 6.26. The SMILES string of the molecule is COc1cc2c(cc1-c1nnc(SCC(=O)Nc3ccc(F)cc3)n1C)OCCCO2. The molecule has 2 heterocycles. The highest BCUT2D eigenvalue weighted by Gasteiger charge is 2.21. The van der Waals surface area contributed by atoms with E-state index in [9.17, 15) is 9.18 Å². The molecular weight excluding hydrogens is 423 g/mol. The molecule has 1 N–H and O–H groups in total. The molecule has 1 aliphatic heterocycles. The molecule has 1 aromatic heterocycles. The first kappa shape index (κ1) is 21.0. The summed E-state index contributed by atoms with van der Waals surface area (Å²) in [7, 11) is 3.40. The largest absolute Gasteiger partial charge is 0.496 e. The van der Waals surface area contributed by atoms with E-state index in [1.165, 1.54) is 36.0 Å². The van der Waals surface area contributed by atoms with Gasteiger partial charge >= 0.3 is 0 Å². The zero-order valence-electron chi connectivity index (χ0n) is 17.1. The Labute approximate surface area is 182 Å². The molecule has 0 saturated heterocycles. The second-order valence-corrected chi connectivity index (χ2v) is 7.70. The normalized spacial score (nSPS) is 12.9. The van der Waals surface area contributed by atoms with Crippen LogP contribution in [-0.4, -0.2) is 46.7 Å². The minimum atomic E-state index is -0.357. The van der Waals surface area contributed by atoms with Gasteiger partial charge < -0.3 is 24.1 Å². The van der Waals surface area contributed by atoms with Crippen molar-refractivity contribution in [3.8, 4) is 28.6 Å². The smallest absolute Gasteiger partial charge is 0.234 e. The van der Waals surface area contributed by atoms with Crippen LogP contribution in [-0.2, 0) is 11.8 Å². The molecule has 0 saturated carbocycles. The van der Waals surface area contributed by atoms with Crippen LogP contribution in [0.4, 0.5) is 10.1 Å². The van der Waals surface area contributed by atoms with Crippen LogP contribution in [0.15, 0.2) is 41.6 Å². The van der Waals surface area contributed by atoms with Gasteiger partial charge in [0.25, 0.3) is 0 Å². The molecule has 3 aromatic rings. The van der Waals surface area contributed by atoms with Crippen LogP contribution < -0.4 is 19.5 Å². The highest BCUT2D eigenvalue weighted by molar-refractivity contribution is 7.99. The summed E-state index contributed by atoms with van der Waals surface area (Å²) in [4.78, 5) is 12.2. The van der Waals surface area contributed by atoms with Gasteiger partial charge in [-0.1, -0.05) is 11.8 Å². The van der Waals surface area contributed by atoms with E-state index in [4.69, 9.17) is 14.2 Å². The molecule has 31 heavy (non-hydrogen) atoms. The van der Waals surface area contributed by atoms with Gasteiger partial charge in [-0.2, -0.15) is 0 Å². The molecule has 0 aliphatic carbocycles. The molecule has 10 heteroatoms. The number of amides is 1. The van der Waals surface area contributed by atoms with Crippen LogP contribution in [0, 0.1) is 5.82 Å². The van der Waals surface area contributed by atoms with Gasteiger partial charge in [-0.25, -0.2) is 4.39 Å². The number of benzene rings is 2. The van der Waals surface area contributed by atoms with Crippen molar-refractivity contribution >= 4 is 23.4 Å². The third-order valence-electron chi connectivity index (χ3n) is 4.61. The van der Waals surface area contributed by atoms with E-state index < -0.39 is 0 Å². The summed E-state index contributed by atoms with van der Waals surface area (Å²) in [6, 6.07) is 9.22. The van der Waals surface area contributed by atoms with Crippen LogP contribution >= 0.6 is 11.8 Å². The van der Waals surface area contributed by atoms with Crippen LogP contribution in [0.3, 0.4) is 0 Å². The molecule has 0 fully saturated rings. The molecule has 0 spiro atoms. The summed E-state index contributed by atoms with van der Waals surface area (Å²) in [5, 5.41) is 11.8. The second kappa shape index (κ2) is 9.25. The molecule has 0 bridgehead atoms. The summed E-state index contributed by atoms with van der Waals surface area (Å²) in [5.41, 5.74) is 1.24. The summed E-state index contributed by atoms with van der Waals surface area (Å²) >= 11 is 1.25. The number of aromatic nitrogens is 3. The molecule has 0 radical (unpaired) electrons. The summed E-state index contributed by atoms with van der Waals surface area (Å²) in [6.45, 7) is 1.15. The molecule has 162 valence electrons. The number of halogens is 1. The molecule has 2 aromatic carbocycles. The molecule has 1 amide bonds. The molecule has 8 nitrogen and oxygen atoms in total. The summed E-state index contributed by atoms with van der Waals surface area (Å²) in [6.07, 6.45) is 0.803. The number of fused-ring (bicyclic) bond motifs is 1. The van der Waals surface area contributed by atoms with Crippen LogP contribution in [0.1, 0.15) is 6.42 Å². The maximum Gasteiger partial charge on any atom is 0.234 e. The van der Waals surface area contributed by atoms with Gasteiger partial charge in [0.15, 0.2) is 22.5 Å². The number of rotatable bonds is 6. The quantitative estimate of drug-likeness (QED) is 0.582. The van der Waals surface area contributed by atoms with E-state index in [2.05, 4.69) is 15.5 Å². The number of nitrogens with zero attached hydrogens (tertiary/aromatic N) is 3. The Hall–Kier alpha value is -3.27. The monoisotopic (exact) mass is 444 g/mol. The van der Waals surface area contributed by atoms with Gasteiger partial charge in [0.05, 0.1) is 31.6 Å². The first-order valence-electron chi connectivity index (χ1n) is 9.61. The minimum Gasteiger partial charge on any atom is -0.496 e. The average molecular weight is 444 g/mol. The highest BCUT2D eigenvalue weighted by Crippen LogP contribution is 2.41. The zero-order chi connectivity index (χ0) is 21.8. The van der Waals surface area contributed by atoms with Crippen molar-refractivity contribution in [1.29, 1.82) is 0 Å². The Balaban J connectivity index is 1.49. The molecular formula is C21H21FN4O4S. The van der Waals surface area contributed by atoms with Crippen molar-refractivity contribution in [3.05, 3.63) is 42.2 Å². The molecule has 1 aliphatic rings. The lowest BCUT2D eigenvalue weighted by Gasteiger charge is -2.13. The fraction of sp³-hybridized carbons (Fsp3) is 0.286. The van der Waals surface area contributed by atoms with Crippen molar-refractivity contribution in [1.82, 2.24) is 14.8 Å². The lowest BCUT2D eigenvalue weighted by molar-refractivity contribution is -0.113. The van der Waals surface area contributed by atoms with E-state index in [0.29, 0.717) is 52.7 Å². The van der Waals surface area contributed by atoms with Crippen molar-refractivity contribution in [2.45, 2.75) is 11.6 Å². The second-order valence-electron chi connectivity index (χ2n) is 6.76.